The fourth-order valence-corrected chi connectivity index (χ4v) is 3.82. The summed E-state index contributed by atoms with van der Waals surface area (Å²) >= 11 is 0. The summed E-state index contributed by atoms with van der Waals surface area (Å²) in [5.74, 6) is -0.592. The Bertz CT molecular complexity index is 862. The lowest BCUT2D eigenvalue weighted by Crippen LogP contribution is -2.35. The van der Waals surface area contributed by atoms with Crippen LogP contribution in [0.15, 0.2) is 47.6 Å². The largest absolute Gasteiger partial charge is 0.386 e. The molecule has 0 aromatic heterocycles. The van der Waals surface area contributed by atoms with E-state index in [0.717, 1.165) is 42.3 Å². The van der Waals surface area contributed by atoms with Gasteiger partial charge in [-0.2, -0.15) is 0 Å². The highest BCUT2D eigenvalue weighted by Gasteiger charge is 2.39. The summed E-state index contributed by atoms with van der Waals surface area (Å²) in [6.45, 7) is 3.22. The van der Waals surface area contributed by atoms with E-state index in [-0.39, 0.29) is 18.6 Å². The van der Waals surface area contributed by atoms with Crippen LogP contribution in [0.4, 0.5) is 0 Å². The van der Waals surface area contributed by atoms with Crippen molar-refractivity contribution in [3.8, 4) is 0 Å². The van der Waals surface area contributed by atoms with E-state index in [2.05, 4.69) is 34.7 Å². The molecule has 1 unspecified atom stereocenters. The first-order chi connectivity index (χ1) is 13.6. The molecule has 2 aromatic carbocycles. The summed E-state index contributed by atoms with van der Waals surface area (Å²) in [6, 6.07) is 14.3. The van der Waals surface area contributed by atoms with E-state index in [9.17, 15) is 4.79 Å². The zero-order valence-corrected chi connectivity index (χ0v) is 16.1. The first-order valence-electron chi connectivity index (χ1n) is 9.87. The number of carbonyl (C=O) groups is 1. The van der Waals surface area contributed by atoms with Gasteiger partial charge >= 0.3 is 0 Å². The number of hydrogen-bond donors (Lipinski definition) is 1. The van der Waals surface area contributed by atoms with Gasteiger partial charge in [0, 0.05) is 12.8 Å². The van der Waals surface area contributed by atoms with E-state index < -0.39 is 5.79 Å². The monoisotopic (exact) mass is 382 g/mol. The highest BCUT2D eigenvalue weighted by atomic mass is 16.7. The van der Waals surface area contributed by atoms with Gasteiger partial charge in [-0.25, -0.2) is 0 Å². The lowest BCUT2D eigenvalue weighted by Gasteiger charge is -2.31. The predicted octanol–water partition coefficient (Wildman–Crippen LogP) is 3.71. The lowest BCUT2D eigenvalue weighted by molar-refractivity contribution is -0.168. The molecule has 0 bridgehead atoms. The molecule has 2 aromatic rings. The first-order valence-corrected chi connectivity index (χ1v) is 9.87. The molecule has 6 nitrogen and oxygen atoms in total. The SMILES string of the molecule is CC(NC(=O)CON=C1CCC2(CC1)OCCO2)c1ccc2ccccc2c1. The highest BCUT2D eigenvalue weighted by molar-refractivity contribution is 5.85. The second-order valence-corrected chi connectivity index (χ2v) is 7.43. The molecule has 0 radical (unpaired) electrons. The molecule has 1 saturated heterocycles. The van der Waals surface area contributed by atoms with Crippen molar-refractivity contribution in [2.75, 3.05) is 19.8 Å². The normalized spacial score (nSPS) is 19.5. The van der Waals surface area contributed by atoms with Crippen molar-refractivity contribution in [3.63, 3.8) is 0 Å². The van der Waals surface area contributed by atoms with Gasteiger partial charge in [0.15, 0.2) is 12.4 Å². The molecule has 1 aliphatic carbocycles. The van der Waals surface area contributed by atoms with E-state index in [4.69, 9.17) is 14.3 Å². The Balaban J connectivity index is 1.25. The number of carbonyl (C=O) groups excluding carboxylic acids is 1. The van der Waals surface area contributed by atoms with E-state index in [0.29, 0.717) is 13.2 Å². The Labute approximate surface area is 164 Å². The van der Waals surface area contributed by atoms with Gasteiger partial charge in [-0.05, 0) is 42.2 Å². The predicted molar refractivity (Wildman–Crippen MR) is 107 cm³/mol. The van der Waals surface area contributed by atoms with E-state index >= 15 is 0 Å². The van der Waals surface area contributed by atoms with Gasteiger partial charge in [0.05, 0.1) is 25.0 Å². The fourth-order valence-electron chi connectivity index (χ4n) is 3.82. The molecule has 2 aliphatic rings. The van der Waals surface area contributed by atoms with Crippen LogP contribution in [-0.4, -0.2) is 37.2 Å². The molecular formula is C22H26N2O4. The molecule has 6 heteroatoms. The van der Waals surface area contributed by atoms with Gasteiger partial charge in [0.1, 0.15) is 0 Å². The number of oxime groups is 1. The van der Waals surface area contributed by atoms with Crippen LogP contribution in [0.1, 0.15) is 44.2 Å². The lowest BCUT2D eigenvalue weighted by atomic mass is 9.92. The van der Waals surface area contributed by atoms with Gasteiger partial charge in [-0.1, -0.05) is 41.6 Å². The summed E-state index contributed by atoms with van der Waals surface area (Å²) in [5, 5.41) is 9.46. The van der Waals surface area contributed by atoms with Crippen molar-refractivity contribution in [3.05, 3.63) is 48.0 Å². The Morgan fingerprint density at radius 1 is 1.14 bits per heavy atom. The van der Waals surface area contributed by atoms with Crippen molar-refractivity contribution in [1.29, 1.82) is 0 Å². The van der Waals surface area contributed by atoms with Crippen LogP contribution in [-0.2, 0) is 19.1 Å². The number of ether oxygens (including phenoxy) is 2. The minimum absolute atomic E-state index is 0.0838. The van der Waals surface area contributed by atoms with Gasteiger partial charge in [0.25, 0.3) is 5.91 Å². The number of benzene rings is 2. The number of nitrogens with one attached hydrogen (secondary N) is 1. The van der Waals surface area contributed by atoms with Crippen LogP contribution in [0, 0.1) is 0 Å². The van der Waals surface area contributed by atoms with Crippen molar-refractivity contribution >= 4 is 22.4 Å². The molecule has 1 atom stereocenters. The topological polar surface area (TPSA) is 69.2 Å². The average Bonchev–Trinajstić information content (AvgIpc) is 3.17. The minimum atomic E-state index is -0.411. The molecule has 1 amide bonds. The minimum Gasteiger partial charge on any atom is -0.386 e. The number of fused-ring (bicyclic) bond motifs is 1. The van der Waals surface area contributed by atoms with Crippen molar-refractivity contribution < 1.29 is 19.1 Å². The maximum Gasteiger partial charge on any atom is 0.261 e. The van der Waals surface area contributed by atoms with Crippen LogP contribution in [0.25, 0.3) is 10.8 Å². The standard InChI is InChI=1S/C22H26N2O4/c1-16(18-7-6-17-4-2-3-5-19(17)14-18)23-21(25)15-28-24-20-8-10-22(11-9-20)26-12-13-27-22/h2-7,14,16H,8-13,15H2,1H3,(H,23,25). The maximum atomic E-state index is 12.2. The van der Waals surface area contributed by atoms with Crippen molar-refractivity contribution in [2.45, 2.75) is 44.4 Å². The Morgan fingerprint density at radius 3 is 2.61 bits per heavy atom. The number of nitrogens with zero attached hydrogens (tertiary/aromatic N) is 1. The third kappa shape index (κ3) is 4.34. The summed E-state index contributed by atoms with van der Waals surface area (Å²) in [5.41, 5.74) is 2.02. The second kappa shape index (κ2) is 8.29. The van der Waals surface area contributed by atoms with E-state index in [1.165, 1.54) is 5.39 Å². The van der Waals surface area contributed by atoms with Gasteiger partial charge < -0.3 is 19.6 Å². The number of rotatable bonds is 5. The quantitative estimate of drug-likeness (QED) is 0.801. The zero-order valence-electron chi connectivity index (χ0n) is 16.1. The Morgan fingerprint density at radius 2 is 1.86 bits per heavy atom. The third-order valence-electron chi connectivity index (χ3n) is 5.44. The molecule has 2 fully saturated rings. The van der Waals surface area contributed by atoms with E-state index in [1.807, 2.05) is 25.1 Å². The second-order valence-electron chi connectivity index (χ2n) is 7.43. The highest BCUT2D eigenvalue weighted by Crippen LogP contribution is 2.34. The maximum absolute atomic E-state index is 12.2. The summed E-state index contributed by atoms with van der Waals surface area (Å²) in [7, 11) is 0. The van der Waals surface area contributed by atoms with Gasteiger partial charge in [-0.3, -0.25) is 4.79 Å². The third-order valence-corrected chi connectivity index (χ3v) is 5.44. The van der Waals surface area contributed by atoms with Crippen LogP contribution in [0.5, 0.6) is 0 Å². The zero-order chi connectivity index (χ0) is 19.4. The van der Waals surface area contributed by atoms with Crippen LogP contribution >= 0.6 is 0 Å². The summed E-state index contributed by atoms with van der Waals surface area (Å²) < 4.78 is 11.4. The Hall–Kier alpha value is -2.44. The number of amides is 1. The molecule has 1 saturated carbocycles. The van der Waals surface area contributed by atoms with Crippen LogP contribution in [0.3, 0.4) is 0 Å². The van der Waals surface area contributed by atoms with Crippen molar-refractivity contribution in [2.24, 2.45) is 5.16 Å². The summed E-state index contributed by atoms with van der Waals surface area (Å²) in [4.78, 5) is 17.5. The fraction of sp³-hybridized carbons (Fsp3) is 0.455. The molecule has 1 aliphatic heterocycles. The van der Waals surface area contributed by atoms with Gasteiger partial charge in [0.2, 0.25) is 0 Å². The van der Waals surface area contributed by atoms with Crippen molar-refractivity contribution in [1.82, 2.24) is 5.32 Å². The summed E-state index contributed by atoms with van der Waals surface area (Å²) in [6.07, 6.45) is 3.13. The molecule has 28 heavy (non-hydrogen) atoms. The van der Waals surface area contributed by atoms with E-state index in [1.54, 1.807) is 0 Å². The number of hydrogen-bond acceptors (Lipinski definition) is 5. The molecule has 4 rings (SSSR count). The van der Waals surface area contributed by atoms with Crippen LogP contribution < -0.4 is 5.32 Å². The average molecular weight is 382 g/mol. The molecule has 1 N–H and O–H groups in total. The Kier molecular flexibility index (Phi) is 5.59. The molecular weight excluding hydrogens is 356 g/mol. The van der Waals surface area contributed by atoms with Gasteiger partial charge in [-0.15, -0.1) is 0 Å². The first kappa shape index (κ1) is 18.9. The molecule has 1 spiro atoms. The smallest absolute Gasteiger partial charge is 0.261 e. The molecule has 148 valence electrons. The molecule has 1 heterocycles. The van der Waals surface area contributed by atoms with Crippen LogP contribution in [0.2, 0.25) is 0 Å².